The molecule has 3 heteroatoms. The molecule has 1 aromatic carbocycles. The van der Waals surface area contributed by atoms with E-state index in [-0.39, 0.29) is 5.91 Å². The highest BCUT2D eigenvalue weighted by Gasteiger charge is 2.49. The Labute approximate surface area is 99.7 Å². The number of carbonyl (C=O) groups excluding carboxylic acids is 1. The lowest BCUT2D eigenvalue weighted by Crippen LogP contribution is -2.46. The summed E-state index contributed by atoms with van der Waals surface area (Å²) in [6.07, 6.45) is 1.32. The Balaban J connectivity index is 2.17. The molecule has 1 N–H and O–H groups in total. The molecule has 0 saturated carbocycles. The van der Waals surface area contributed by atoms with Gasteiger partial charge in [-0.05, 0) is 37.6 Å². The summed E-state index contributed by atoms with van der Waals surface area (Å²) < 4.78 is 22.8. The van der Waals surface area contributed by atoms with Crippen LogP contribution in [-0.2, 0) is 10.2 Å². The number of anilines is 1. The molecule has 2 aliphatic rings. The molecule has 0 atom stereocenters. The Morgan fingerprint density at radius 1 is 1.38 bits per heavy atom. The second-order valence-electron chi connectivity index (χ2n) is 4.49. The zero-order valence-electron chi connectivity index (χ0n) is 12.0. The van der Waals surface area contributed by atoms with E-state index < -0.39 is 12.4 Å². The van der Waals surface area contributed by atoms with Gasteiger partial charge >= 0.3 is 0 Å². The van der Waals surface area contributed by atoms with Crippen LogP contribution in [0.1, 0.15) is 22.5 Å². The number of fused-ring (bicyclic) bond motifs is 2. The molecule has 2 heterocycles. The first-order valence-electron chi connectivity index (χ1n) is 7.12. The zero-order chi connectivity index (χ0) is 13.7. The van der Waals surface area contributed by atoms with Crippen molar-refractivity contribution in [1.29, 1.82) is 0 Å². The van der Waals surface area contributed by atoms with Gasteiger partial charge in [-0.3, -0.25) is 4.79 Å². The van der Waals surface area contributed by atoms with Crippen molar-refractivity contribution >= 4 is 11.6 Å². The van der Waals surface area contributed by atoms with Crippen LogP contribution in [-0.4, -0.2) is 26.0 Å². The number of hydrogen-bond acceptors (Lipinski definition) is 2. The Morgan fingerprint density at radius 3 is 2.88 bits per heavy atom. The summed E-state index contributed by atoms with van der Waals surface area (Å²) in [4.78, 5) is 13.7. The summed E-state index contributed by atoms with van der Waals surface area (Å²) in [5.74, 6) is -0.268. The van der Waals surface area contributed by atoms with Crippen LogP contribution in [0.15, 0.2) is 24.3 Å². The lowest BCUT2D eigenvalue weighted by molar-refractivity contribution is -0.123. The fourth-order valence-electron chi connectivity index (χ4n) is 2.85. The van der Waals surface area contributed by atoms with Crippen molar-refractivity contribution in [2.45, 2.75) is 18.3 Å². The number of amides is 1. The van der Waals surface area contributed by atoms with Gasteiger partial charge in [-0.2, -0.15) is 0 Å². The van der Waals surface area contributed by atoms with Gasteiger partial charge in [0.2, 0.25) is 5.91 Å². The molecule has 84 valence electrons. The number of nitrogens with one attached hydrogen (secondary N) is 1. The molecule has 0 bridgehead atoms. The molecule has 2 aliphatic heterocycles. The van der Waals surface area contributed by atoms with E-state index in [1.54, 1.807) is 12.1 Å². The first-order chi connectivity index (χ1) is 8.97. The van der Waals surface area contributed by atoms with Crippen LogP contribution in [0.3, 0.4) is 0 Å². The van der Waals surface area contributed by atoms with Gasteiger partial charge in [-0.25, -0.2) is 0 Å². The number of piperidine rings is 1. The molecule has 0 radical (unpaired) electrons. The quantitative estimate of drug-likeness (QED) is 0.713. The SMILES string of the molecule is [2H]C([2H])([2H])N1C(=O)C2(CCNCC2)c2ccccc21. The van der Waals surface area contributed by atoms with E-state index in [4.69, 9.17) is 4.11 Å². The topological polar surface area (TPSA) is 32.3 Å². The summed E-state index contributed by atoms with van der Waals surface area (Å²) in [6.45, 7) is -0.925. The van der Waals surface area contributed by atoms with Gasteiger partial charge < -0.3 is 10.2 Å². The summed E-state index contributed by atoms with van der Waals surface area (Å²) in [6, 6.07) is 7.28. The third-order valence-electron chi connectivity index (χ3n) is 3.73. The van der Waals surface area contributed by atoms with Crippen LogP contribution < -0.4 is 10.2 Å². The van der Waals surface area contributed by atoms with Crippen molar-refractivity contribution in [3.8, 4) is 0 Å². The minimum Gasteiger partial charge on any atom is -0.317 e. The molecule has 0 aliphatic carbocycles. The predicted molar refractivity (Wildman–Crippen MR) is 63.6 cm³/mol. The number of likely N-dealkylation sites (N-methyl/N-ethyl adjacent to an activating group) is 1. The first kappa shape index (κ1) is 7.07. The highest BCUT2D eigenvalue weighted by molar-refractivity contribution is 6.07. The monoisotopic (exact) mass is 219 g/mol. The number of benzene rings is 1. The summed E-state index contributed by atoms with van der Waals surface area (Å²) in [7, 11) is 0. The zero-order valence-corrected chi connectivity index (χ0v) is 8.99. The van der Waals surface area contributed by atoms with Gasteiger partial charge in [-0.15, -0.1) is 0 Å². The second kappa shape index (κ2) is 3.32. The summed E-state index contributed by atoms with van der Waals surface area (Å²) >= 11 is 0. The molecule has 1 fully saturated rings. The third kappa shape index (κ3) is 1.09. The van der Waals surface area contributed by atoms with Crippen LogP contribution in [0.25, 0.3) is 0 Å². The van der Waals surface area contributed by atoms with E-state index in [1.165, 1.54) is 0 Å². The van der Waals surface area contributed by atoms with Crippen molar-refractivity contribution in [3.05, 3.63) is 29.8 Å². The van der Waals surface area contributed by atoms with E-state index in [1.807, 2.05) is 12.1 Å². The number of hydrogen-bond donors (Lipinski definition) is 1. The molecule has 1 saturated heterocycles. The number of nitrogens with zero attached hydrogens (tertiary/aromatic N) is 1. The average molecular weight is 219 g/mol. The van der Waals surface area contributed by atoms with Crippen molar-refractivity contribution in [3.63, 3.8) is 0 Å². The first-order valence-corrected chi connectivity index (χ1v) is 5.62. The fourth-order valence-corrected chi connectivity index (χ4v) is 2.85. The fraction of sp³-hybridized carbons (Fsp3) is 0.462. The molecule has 0 aromatic heterocycles. The lowest BCUT2D eigenvalue weighted by atomic mass is 9.74. The largest absolute Gasteiger partial charge is 0.317 e. The van der Waals surface area contributed by atoms with Gasteiger partial charge in [0, 0.05) is 16.8 Å². The van der Waals surface area contributed by atoms with Crippen LogP contribution in [0.2, 0.25) is 0 Å². The Morgan fingerprint density at radius 2 is 2.12 bits per heavy atom. The maximum Gasteiger partial charge on any atom is 0.237 e. The van der Waals surface area contributed by atoms with Crippen molar-refractivity contribution in [1.82, 2.24) is 5.32 Å². The Hall–Kier alpha value is -1.35. The summed E-state index contributed by atoms with van der Waals surface area (Å²) in [5, 5.41) is 3.23. The van der Waals surface area contributed by atoms with Crippen molar-refractivity contribution in [2.75, 3.05) is 25.0 Å². The van der Waals surface area contributed by atoms with Crippen LogP contribution in [0, 0.1) is 0 Å². The third-order valence-corrected chi connectivity index (χ3v) is 3.73. The number of rotatable bonds is 0. The highest BCUT2D eigenvalue weighted by Crippen LogP contribution is 2.45. The second-order valence-corrected chi connectivity index (χ2v) is 4.49. The summed E-state index contributed by atoms with van der Waals surface area (Å²) in [5.41, 5.74) is 0.781. The van der Waals surface area contributed by atoms with E-state index in [0.29, 0.717) is 18.5 Å². The minimum absolute atomic E-state index is 0.268. The van der Waals surface area contributed by atoms with E-state index >= 15 is 0 Å². The molecule has 1 amide bonds. The highest BCUT2D eigenvalue weighted by atomic mass is 16.2. The smallest absolute Gasteiger partial charge is 0.237 e. The van der Waals surface area contributed by atoms with Crippen LogP contribution >= 0.6 is 0 Å². The van der Waals surface area contributed by atoms with E-state index in [0.717, 1.165) is 23.6 Å². The molecule has 1 spiro atoms. The van der Waals surface area contributed by atoms with Crippen LogP contribution in [0.4, 0.5) is 5.69 Å². The molecular formula is C13H16N2O. The average Bonchev–Trinajstić information content (AvgIpc) is 2.61. The standard InChI is InChI=1S/C13H16N2O/c1-15-11-5-3-2-4-10(11)13(12(15)16)6-8-14-9-7-13/h2-5,14H,6-9H2,1H3/i1D3. The van der Waals surface area contributed by atoms with Gasteiger partial charge in [0.15, 0.2) is 0 Å². The van der Waals surface area contributed by atoms with E-state index in [2.05, 4.69) is 5.32 Å². The van der Waals surface area contributed by atoms with Crippen molar-refractivity contribution < 1.29 is 8.91 Å². The van der Waals surface area contributed by atoms with E-state index in [9.17, 15) is 4.79 Å². The molecule has 0 unspecified atom stereocenters. The van der Waals surface area contributed by atoms with Crippen molar-refractivity contribution in [2.24, 2.45) is 0 Å². The predicted octanol–water partition coefficient (Wildman–Crippen LogP) is 1.28. The normalized spacial score (nSPS) is 26.1. The van der Waals surface area contributed by atoms with Gasteiger partial charge in [0.25, 0.3) is 0 Å². The van der Waals surface area contributed by atoms with Crippen LogP contribution in [0.5, 0.6) is 0 Å². The molecule has 3 nitrogen and oxygen atoms in total. The molecule has 3 rings (SSSR count). The molecule has 16 heavy (non-hydrogen) atoms. The lowest BCUT2D eigenvalue weighted by Gasteiger charge is -2.32. The minimum atomic E-state index is -2.42. The van der Waals surface area contributed by atoms with Gasteiger partial charge in [0.1, 0.15) is 0 Å². The maximum atomic E-state index is 12.7. The molecule has 1 aromatic rings. The number of para-hydroxylation sites is 1. The Bertz CT molecular complexity index is 521. The number of carbonyl (C=O) groups is 1. The maximum absolute atomic E-state index is 12.7. The molecular weight excluding hydrogens is 200 g/mol. The van der Waals surface area contributed by atoms with Gasteiger partial charge in [-0.1, -0.05) is 18.2 Å². The van der Waals surface area contributed by atoms with Gasteiger partial charge in [0.05, 0.1) is 5.41 Å². The Kier molecular flexibility index (Phi) is 1.47.